The highest BCUT2D eigenvalue weighted by Crippen LogP contribution is 2.26. The number of benzene rings is 2. The largest absolute Gasteiger partial charge is 0.573 e. The molecule has 0 fully saturated rings. The van der Waals surface area contributed by atoms with Crippen molar-refractivity contribution in [3.63, 3.8) is 0 Å². The molecule has 0 aromatic heterocycles. The van der Waals surface area contributed by atoms with E-state index in [0.717, 1.165) is 0 Å². The Labute approximate surface area is 129 Å². The summed E-state index contributed by atoms with van der Waals surface area (Å²) in [6.45, 7) is -0.181. The van der Waals surface area contributed by atoms with Gasteiger partial charge in [-0.2, -0.15) is 0 Å². The summed E-state index contributed by atoms with van der Waals surface area (Å²) in [5.74, 6) is -0.326. The van der Waals surface area contributed by atoms with Crippen LogP contribution in [0.1, 0.15) is 11.1 Å². The molecule has 0 saturated heterocycles. The first kappa shape index (κ1) is 16.2. The Morgan fingerprint density at radius 3 is 2.59 bits per heavy atom. The van der Waals surface area contributed by atoms with E-state index in [-0.39, 0.29) is 17.9 Å². The van der Waals surface area contributed by atoms with Crippen LogP contribution >= 0.6 is 11.6 Å². The van der Waals surface area contributed by atoms with Gasteiger partial charge in [-0.15, -0.1) is 13.2 Å². The van der Waals surface area contributed by atoms with E-state index in [9.17, 15) is 13.2 Å². The lowest BCUT2D eigenvalue weighted by Gasteiger charge is -2.12. The first-order chi connectivity index (χ1) is 10.4. The zero-order chi connectivity index (χ0) is 16.0. The molecule has 115 valence electrons. The van der Waals surface area contributed by atoms with Crippen LogP contribution in [0.2, 0.25) is 5.02 Å². The van der Waals surface area contributed by atoms with Gasteiger partial charge in [-0.1, -0.05) is 47.1 Å². The minimum absolute atomic E-state index is 0.181. The molecule has 0 amide bonds. The Bertz CT molecular complexity index is 659. The fourth-order valence-electron chi connectivity index (χ4n) is 1.59. The number of halogens is 4. The average molecular weight is 329 g/mol. The Morgan fingerprint density at radius 2 is 1.86 bits per heavy atom. The maximum Gasteiger partial charge on any atom is 0.573 e. The number of para-hydroxylation sites is 1. The monoisotopic (exact) mass is 328 g/mol. The minimum Gasteiger partial charge on any atom is -0.405 e. The molecule has 2 aromatic rings. The normalized spacial score (nSPS) is 11.6. The van der Waals surface area contributed by atoms with E-state index >= 15 is 0 Å². The summed E-state index contributed by atoms with van der Waals surface area (Å²) in [5, 5.41) is 4.09. The van der Waals surface area contributed by atoms with Gasteiger partial charge < -0.3 is 9.57 Å². The summed E-state index contributed by atoms with van der Waals surface area (Å²) in [6, 6.07) is 12.4. The number of nitrogens with zero attached hydrogens (tertiary/aromatic N) is 1. The third-order valence-electron chi connectivity index (χ3n) is 2.48. The number of rotatable bonds is 5. The highest BCUT2D eigenvalue weighted by atomic mass is 35.5. The Kier molecular flexibility index (Phi) is 5.27. The van der Waals surface area contributed by atoms with Crippen molar-refractivity contribution in [1.82, 2.24) is 0 Å². The SMILES string of the molecule is FC(F)(F)Oc1ccccc1CO/N=[C]\c1cccc(Cl)c1. The van der Waals surface area contributed by atoms with E-state index in [0.29, 0.717) is 10.6 Å². The molecule has 2 rings (SSSR count). The summed E-state index contributed by atoms with van der Waals surface area (Å²) in [5.41, 5.74) is 0.809. The predicted octanol–water partition coefficient (Wildman–Crippen LogP) is 4.67. The lowest BCUT2D eigenvalue weighted by atomic mass is 10.2. The van der Waals surface area contributed by atoms with Crippen LogP contribution in [0.3, 0.4) is 0 Å². The Balaban J connectivity index is 1.97. The van der Waals surface area contributed by atoms with Crippen molar-refractivity contribution in [3.8, 4) is 5.75 Å². The third-order valence-corrected chi connectivity index (χ3v) is 2.72. The van der Waals surface area contributed by atoms with Gasteiger partial charge in [0.25, 0.3) is 0 Å². The molecule has 2 aromatic carbocycles. The molecule has 1 radical (unpaired) electrons. The Morgan fingerprint density at radius 1 is 1.09 bits per heavy atom. The van der Waals surface area contributed by atoms with Crippen LogP contribution in [0.4, 0.5) is 13.2 Å². The van der Waals surface area contributed by atoms with Gasteiger partial charge in [0, 0.05) is 16.1 Å². The number of alkyl halides is 3. The van der Waals surface area contributed by atoms with E-state index in [2.05, 4.69) is 16.1 Å². The van der Waals surface area contributed by atoms with Crippen LogP contribution in [0, 0.1) is 0 Å². The molecule has 0 N–H and O–H groups in total. The van der Waals surface area contributed by atoms with Gasteiger partial charge in [-0.25, -0.2) is 0 Å². The van der Waals surface area contributed by atoms with Crippen LogP contribution in [0.25, 0.3) is 0 Å². The number of ether oxygens (including phenoxy) is 1. The molecule has 0 aliphatic heterocycles. The molecule has 0 aliphatic carbocycles. The standard InChI is InChI=1S/C15H10ClF3NO2/c16-13-6-3-4-11(8-13)9-20-21-10-12-5-1-2-7-14(12)22-15(17,18)19/h1-8H,10H2. The first-order valence-corrected chi connectivity index (χ1v) is 6.49. The van der Waals surface area contributed by atoms with Crippen molar-refractivity contribution in [2.75, 3.05) is 0 Å². The molecular formula is C15H10ClF3NO2. The second-order valence-corrected chi connectivity index (χ2v) is 4.58. The molecule has 0 saturated carbocycles. The number of hydrogen-bond donors (Lipinski definition) is 0. The smallest absolute Gasteiger partial charge is 0.405 e. The number of hydrogen-bond acceptors (Lipinski definition) is 3. The van der Waals surface area contributed by atoms with Crippen molar-refractivity contribution in [1.29, 1.82) is 0 Å². The highest BCUT2D eigenvalue weighted by Gasteiger charge is 2.32. The highest BCUT2D eigenvalue weighted by molar-refractivity contribution is 6.30. The van der Waals surface area contributed by atoms with Crippen LogP contribution in [0.5, 0.6) is 5.75 Å². The molecule has 22 heavy (non-hydrogen) atoms. The van der Waals surface area contributed by atoms with E-state index in [1.807, 2.05) is 0 Å². The summed E-state index contributed by atoms with van der Waals surface area (Å²) < 4.78 is 40.7. The molecule has 0 heterocycles. The minimum atomic E-state index is -4.76. The molecule has 0 spiro atoms. The van der Waals surface area contributed by atoms with Crippen molar-refractivity contribution >= 4 is 17.8 Å². The molecular weight excluding hydrogens is 319 g/mol. The second-order valence-electron chi connectivity index (χ2n) is 4.14. The maximum atomic E-state index is 12.3. The predicted molar refractivity (Wildman–Crippen MR) is 75.9 cm³/mol. The van der Waals surface area contributed by atoms with E-state index in [1.165, 1.54) is 18.2 Å². The summed E-state index contributed by atoms with van der Waals surface area (Å²) >= 11 is 5.79. The van der Waals surface area contributed by atoms with Gasteiger partial charge in [0.1, 0.15) is 18.6 Å². The van der Waals surface area contributed by atoms with E-state index in [1.54, 1.807) is 30.3 Å². The average Bonchev–Trinajstić information content (AvgIpc) is 2.44. The molecule has 7 heteroatoms. The van der Waals surface area contributed by atoms with Crippen molar-refractivity contribution in [2.24, 2.45) is 5.16 Å². The van der Waals surface area contributed by atoms with E-state index in [4.69, 9.17) is 16.4 Å². The fraction of sp³-hybridized carbons (Fsp3) is 0.133. The van der Waals surface area contributed by atoms with Crippen molar-refractivity contribution < 1.29 is 22.7 Å². The summed E-state index contributed by atoms with van der Waals surface area (Å²) in [4.78, 5) is 4.94. The zero-order valence-electron chi connectivity index (χ0n) is 11.1. The molecule has 0 unspecified atom stereocenters. The molecule has 0 aliphatic rings. The third kappa shape index (κ3) is 5.29. The van der Waals surface area contributed by atoms with Gasteiger partial charge >= 0.3 is 6.36 Å². The molecule has 0 atom stereocenters. The second kappa shape index (κ2) is 7.17. The quantitative estimate of drug-likeness (QED) is 0.590. The molecule has 0 bridgehead atoms. The van der Waals surface area contributed by atoms with Crippen molar-refractivity contribution in [2.45, 2.75) is 13.0 Å². The van der Waals surface area contributed by atoms with Gasteiger partial charge in [-0.05, 0) is 18.2 Å². The van der Waals surface area contributed by atoms with Gasteiger partial charge in [0.2, 0.25) is 0 Å². The van der Waals surface area contributed by atoms with Gasteiger partial charge in [-0.3, -0.25) is 0 Å². The topological polar surface area (TPSA) is 30.8 Å². The van der Waals surface area contributed by atoms with Crippen LogP contribution < -0.4 is 4.74 Å². The molecule has 3 nitrogen and oxygen atoms in total. The zero-order valence-corrected chi connectivity index (χ0v) is 11.9. The van der Waals surface area contributed by atoms with Gasteiger partial charge in [0.05, 0.1) is 0 Å². The fourth-order valence-corrected chi connectivity index (χ4v) is 1.78. The summed E-state index contributed by atoms with van der Waals surface area (Å²) in [6.07, 6.45) is -2.18. The first-order valence-electron chi connectivity index (χ1n) is 6.11. The lowest BCUT2D eigenvalue weighted by molar-refractivity contribution is -0.275. The van der Waals surface area contributed by atoms with Gasteiger partial charge in [0.15, 0.2) is 0 Å². The van der Waals surface area contributed by atoms with Crippen LogP contribution in [-0.4, -0.2) is 12.6 Å². The Hall–Kier alpha value is -2.21. The lowest BCUT2D eigenvalue weighted by Crippen LogP contribution is -2.18. The van der Waals surface area contributed by atoms with Crippen LogP contribution in [0.15, 0.2) is 53.7 Å². The van der Waals surface area contributed by atoms with Crippen molar-refractivity contribution in [3.05, 3.63) is 64.7 Å². The van der Waals surface area contributed by atoms with E-state index < -0.39 is 6.36 Å². The maximum absolute atomic E-state index is 12.3. The summed E-state index contributed by atoms with van der Waals surface area (Å²) in [7, 11) is 0. The van der Waals surface area contributed by atoms with Crippen LogP contribution in [-0.2, 0) is 11.4 Å².